The molecular formula is C18H21ClF2N4O. The molecule has 1 aliphatic heterocycles. The molecule has 1 atom stereocenters. The summed E-state index contributed by atoms with van der Waals surface area (Å²) < 4.78 is 26.7. The number of halogens is 3. The lowest BCUT2D eigenvalue weighted by Crippen LogP contribution is -2.49. The average Bonchev–Trinajstić information content (AvgIpc) is 2.90. The Morgan fingerprint density at radius 3 is 2.85 bits per heavy atom. The third kappa shape index (κ3) is 3.73. The van der Waals surface area contributed by atoms with Gasteiger partial charge in [-0.15, -0.1) is 0 Å². The molecule has 0 bridgehead atoms. The van der Waals surface area contributed by atoms with Gasteiger partial charge < -0.3 is 10.2 Å². The summed E-state index contributed by atoms with van der Waals surface area (Å²) in [6.07, 6.45) is 0.0570. The third-order valence-corrected chi connectivity index (χ3v) is 5.02. The minimum absolute atomic E-state index is 0.0570. The van der Waals surface area contributed by atoms with Crippen molar-refractivity contribution in [2.75, 3.05) is 19.6 Å². The first kappa shape index (κ1) is 18.8. The van der Waals surface area contributed by atoms with E-state index in [1.807, 2.05) is 18.2 Å². The molecule has 5 nitrogen and oxygen atoms in total. The topological polar surface area (TPSA) is 50.2 Å². The van der Waals surface area contributed by atoms with Gasteiger partial charge in [-0.25, -0.2) is 4.68 Å². The van der Waals surface area contributed by atoms with Crippen molar-refractivity contribution < 1.29 is 13.6 Å². The molecule has 2 heterocycles. The standard InChI is InChI=1S/C18H21ClF2N4O/c1-11-15(12(2)25(23-11)18(20)21)9-17(26)24-7-6-22-10-16(24)13-4-3-5-14(19)8-13/h3-5,8,16,18,22H,6-7,9-10H2,1-2H3. The first-order chi connectivity index (χ1) is 12.4. The van der Waals surface area contributed by atoms with Crippen LogP contribution in [0.2, 0.25) is 5.02 Å². The summed E-state index contributed by atoms with van der Waals surface area (Å²) in [6.45, 7) is 2.38. The van der Waals surface area contributed by atoms with Crippen molar-refractivity contribution >= 4 is 17.5 Å². The zero-order valence-corrected chi connectivity index (χ0v) is 15.4. The van der Waals surface area contributed by atoms with Crippen LogP contribution in [0, 0.1) is 13.8 Å². The molecule has 1 aromatic heterocycles. The number of carbonyl (C=O) groups is 1. The van der Waals surface area contributed by atoms with E-state index in [0.29, 0.717) is 46.3 Å². The van der Waals surface area contributed by atoms with Gasteiger partial charge in [0.25, 0.3) is 0 Å². The highest BCUT2D eigenvalue weighted by Gasteiger charge is 2.29. The Morgan fingerprint density at radius 1 is 1.42 bits per heavy atom. The summed E-state index contributed by atoms with van der Waals surface area (Å²) in [4.78, 5) is 14.8. The summed E-state index contributed by atoms with van der Waals surface area (Å²) in [6, 6.07) is 7.30. The van der Waals surface area contributed by atoms with Crippen molar-refractivity contribution in [3.8, 4) is 0 Å². The molecule has 1 saturated heterocycles. The van der Waals surface area contributed by atoms with E-state index in [1.54, 1.807) is 24.8 Å². The minimum atomic E-state index is -2.71. The summed E-state index contributed by atoms with van der Waals surface area (Å²) >= 11 is 6.09. The van der Waals surface area contributed by atoms with Crippen molar-refractivity contribution in [1.29, 1.82) is 0 Å². The molecule has 140 valence electrons. The lowest BCUT2D eigenvalue weighted by atomic mass is 10.0. The number of nitrogens with zero attached hydrogens (tertiary/aromatic N) is 3. The number of hydrogen-bond donors (Lipinski definition) is 1. The fraction of sp³-hybridized carbons (Fsp3) is 0.444. The Labute approximate surface area is 155 Å². The van der Waals surface area contributed by atoms with Crippen molar-refractivity contribution in [2.24, 2.45) is 0 Å². The number of nitrogens with one attached hydrogen (secondary N) is 1. The number of hydrogen-bond acceptors (Lipinski definition) is 3. The second-order valence-corrected chi connectivity index (χ2v) is 6.85. The maximum absolute atomic E-state index is 13.0. The Bertz CT molecular complexity index is 808. The fourth-order valence-corrected chi connectivity index (χ4v) is 3.61. The number of amides is 1. The molecule has 1 N–H and O–H groups in total. The molecular weight excluding hydrogens is 362 g/mol. The van der Waals surface area contributed by atoms with Gasteiger partial charge in [-0.2, -0.15) is 13.9 Å². The van der Waals surface area contributed by atoms with Gasteiger partial charge in [0.05, 0.1) is 18.2 Å². The van der Waals surface area contributed by atoms with E-state index >= 15 is 0 Å². The van der Waals surface area contributed by atoms with Gasteiger partial charge in [-0.3, -0.25) is 4.79 Å². The molecule has 8 heteroatoms. The Balaban J connectivity index is 1.84. The predicted octanol–water partition coefficient (Wildman–Crippen LogP) is 3.26. The molecule has 1 fully saturated rings. The van der Waals surface area contributed by atoms with Gasteiger partial charge >= 0.3 is 6.55 Å². The quantitative estimate of drug-likeness (QED) is 0.883. The van der Waals surface area contributed by atoms with Crippen LogP contribution < -0.4 is 5.32 Å². The lowest BCUT2D eigenvalue weighted by molar-refractivity contribution is -0.133. The maximum atomic E-state index is 13.0. The molecule has 0 aliphatic carbocycles. The smallest absolute Gasteiger partial charge is 0.333 e. The monoisotopic (exact) mass is 382 g/mol. The fourth-order valence-electron chi connectivity index (χ4n) is 3.41. The second-order valence-electron chi connectivity index (χ2n) is 6.41. The Morgan fingerprint density at radius 2 is 2.19 bits per heavy atom. The summed E-state index contributed by atoms with van der Waals surface area (Å²) in [7, 11) is 0. The van der Waals surface area contributed by atoms with Crippen LogP contribution >= 0.6 is 11.6 Å². The van der Waals surface area contributed by atoms with Crippen molar-refractivity contribution in [3.05, 3.63) is 51.8 Å². The largest absolute Gasteiger partial charge is 0.333 e. The highest BCUT2D eigenvalue weighted by molar-refractivity contribution is 6.30. The van der Waals surface area contributed by atoms with Crippen molar-refractivity contribution in [3.63, 3.8) is 0 Å². The van der Waals surface area contributed by atoms with Gasteiger partial charge in [0.2, 0.25) is 5.91 Å². The van der Waals surface area contributed by atoms with Gasteiger partial charge in [0, 0.05) is 35.9 Å². The first-order valence-corrected chi connectivity index (χ1v) is 8.84. The third-order valence-electron chi connectivity index (χ3n) is 4.78. The molecule has 1 aliphatic rings. The van der Waals surface area contributed by atoms with Crippen molar-refractivity contribution in [1.82, 2.24) is 20.0 Å². The van der Waals surface area contributed by atoms with Crippen LogP contribution in [0.3, 0.4) is 0 Å². The predicted molar refractivity (Wildman–Crippen MR) is 95.4 cm³/mol. The van der Waals surface area contributed by atoms with Gasteiger partial charge in [0.15, 0.2) is 0 Å². The minimum Gasteiger partial charge on any atom is -0.333 e. The van der Waals surface area contributed by atoms with E-state index in [4.69, 9.17) is 11.6 Å². The van der Waals surface area contributed by atoms with Crippen LogP contribution in [0.15, 0.2) is 24.3 Å². The van der Waals surface area contributed by atoms with Gasteiger partial charge in [-0.1, -0.05) is 23.7 Å². The highest BCUT2D eigenvalue weighted by Crippen LogP contribution is 2.27. The van der Waals surface area contributed by atoms with E-state index in [9.17, 15) is 13.6 Å². The second kappa shape index (κ2) is 7.72. The van der Waals surface area contributed by atoms with Gasteiger partial charge in [-0.05, 0) is 31.5 Å². The number of piperazine rings is 1. The van der Waals surface area contributed by atoms with E-state index in [-0.39, 0.29) is 18.4 Å². The number of rotatable bonds is 4. The molecule has 1 amide bonds. The van der Waals surface area contributed by atoms with Crippen LogP contribution in [-0.4, -0.2) is 40.2 Å². The molecule has 26 heavy (non-hydrogen) atoms. The van der Waals surface area contributed by atoms with Crippen LogP contribution in [0.25, 0.3) is 0 Å². The molecule has 1 unspecified atom stereocenters. The normalized spacial score (nSPS) is 17.8. The summed E-state index contributed by atoms with van der Waals surface area (Å²) in [5.74, 6) is -0.100. The summed E-state index contributed by atoms with van der Waals surface area (Å²) in [5.41, 5.74) is 2.32. The van der Waals surface area contributed by atoms with Crippen molar-refractivity contribution in [2.45, 2.75) is 32.9 Å². The van der Waals surface area contributed by atoms with Crippen LogP contribution in [0.1, 0.15) is 35.1 Å². The van der Waals surface area contributed by atoms with Gasteiger partial charge in [0.1, 0.15) is 0 Å². The van der Waals surface area contributed by atoms with E-state index < -0.39 is 6.55 Å². The average molecular weight is 383 g/mol. The zero-order valence-electron chi connectivity index (χ0n) is 14.7. The molecule has 0 radical (unpaired) electrons. The summed E-state index contributed by atoms with van der Waals surface area (Å²) in [5, 5.41) is 7.77. The molecule has 2 aromatic rings. The number of aromatic nitrogens is 2. The number of alkyl halides is 2. The SMILES string of the molecule is Cc1nn(C(F)F)c(C)c1CC(=O)N1CCNCC1c1cccc(Cl)c1. The Kier molecular flexibility index (Phi) is 5.58. The van der Waals surface area contributed by atoms with E-state index in [1.165, 1.54) is 0 Å². The number of benzene rings is 1. The van der Waals surface area contributed by atoms with Crippen LogP contribution in [-0.2, 0) is 11.2 Å². The first-order valence-electron chi connectivity index (χ1n) is 8.47. The van der Waals surface area contributed by atoms with Crippen LogP contribution in [0.4, 0.5) is 8.78 Å². The molecule has 0 saturated carbocycles. The molecule has 1 aromatic carbocycles. The molecule has 3 rings (SSSR count). The van der Waals surface area contributed by atoms with Crippen LogP contribution in [0.5, 0.6) is 0 Å². The Hall–Kier alpha value is -1.99. The number of carbonyl (C=O) groups excluding carboxylic acids is 1. The highest BCUT2D eigenvalue weighted by atomic mass is 35.5. The number of aryl methyl sites for hydroxylation is 1. The molecule has 0 spiro atoms. The zero-order chi connectivity index (χ0) is 18.8. The van der Waals surface area contributed by atoms with E-state index in [0.717, 1.165) is 5.56 Å². The van der Waals surface area contributed by atoms with E-state index in [2.05, 4.69) is 10.4 Å². The maximum Gasteiger partial charge on any atom is 0.333 e. The lowest BCUT2D eigenvalue weighted by Gasteiger charge is -2.36.